The Morgan fingerprint density at radius 2 is 1.70 bits per heavy atom. The molecule has 0 unspecified atom stereocenters. The van der Waals surface area contributed by atoms with E-state index in [4.69, 9.17) is 4.74 Å². The molecule has 30 heavy (non-hydrogen) atoms. The minimum Gasteiger partial charge on any atom is -0.381 e. The number of ether oxygens (including phenoxy) is 1. The van der Waals surface area contributed by atoms with Gasteiger partial charge in [0, 0.05) is 56.3 Å². The van der Waals surface area contributed by atoms with Crippen LogP contribution >= 0.6 is 15.9 Å². The molecule has 2 saturated heterocycles. The van der Waals surface area contributed by atoms with Crippen molar-refractivity contribution in [3.05, 3.63) is 58.8 Å². The first kappa shape index (κ1) is 21.4. The van der Waals surface area contributed by atoms with Crippen LogP contribution in [-0.2, 0) is 25.0 Å². The average molecular weight is 494 g/mol. The Hall–Kier alpha value is -1.81. The smallest absolute Gasteiger partial charge is 0.244 e. The van der Waals surface area contributed by atoms with Crippen LogP contribution in [-0.4, -0.2) is 67.9 Å². The summed E-state index contributed by atoms with van der Waals surface area (Å²) < 4.78 is 33.6. The fraction of sp³-hybridized carbons (Fsp3) is 0.429. The molecule has 1 aromatic carbocycles. The van der Waals surface area contributed by atoms with Gasteiger partial charge in [-0.05, 0) is 42.7 Å². The maximum absolute atomic E-state index is 13.7. The van der Waals surface area contributed by atoms with Crippen molar-refractivity contribution in [2.45, 2.75) is 23.2 Å². The lowest BCUT2D eigenvalue weighted by molar-refractivity contribution is -0.142. The van der Waals surface area contributed by atoms with E-state index in [-0.39, 0.29) is 23.9 Å². The van der Waals surface area contributed by atoms with E-state index in [0.717, 1.165) is 10.0 Å². The zero-order chi connectivity index (χ0) is 21.2. The molecular weight excluding hydrogens is 470 g/mol. The van der Waals surface area contributed by atoms with Crippen molar-refractivity contribution < 1.29 is 17.9 Å². The summed E-state index contributed by atoms with van der Waals surface area (Å²) in [6, 6.07) is 11.1. The van der Waals surface area contributed by atoms with E-state index in [1.54, 1.807) is 18.3 Å². The molecule has 0 atom stereocenters. The lowest BCUT2D eigenvalue weighted by Crippen LogP contribution is -2.56. The molecule has 2 aromatic rings. The van der Waals surface area contributed by atoms with Gasteiger partial charge in [0.05, 0.1) is 5.41 Å². The molecule has 2 fully saturated rings. The van der Waals surface area contributed by atoms with Gasteiger partial charge in [0.25, 0.3) is 0 Å². The van der Waals surface area contributed by atoms with Gasteiger partial charge in [-0.2, -0.15) is 4.31 Å². The summed E-state index contributed by atoms with van der Waals surface area (Å²) in [6.45, 7) is 2.37. The van der Waals surface area contributed by atoms with Crippen LogP contribution in [0.25, 0.3) is 0 Å². The molecule has 7 nitrogen and oxygen atoms in total. The Kier molecular flexibility index (Phi) is 6.24. The summed E-state index contributed by atoms with van der Waals surface area (Å²) in [5.41, 5.74) is 0.369. The summed E-state index contributed by atoms with van der Waals surface area (Å²) >= 11 is 3.46. The quantitative estimate of drug-likeness (QED) is 0.653. The zero-order valence-corrected chi connectivity index (χ0v) is 18.9. The van der Waals surface area contributed by atoms with Gasteiger partial charge >= 0.3 is 0 Å². The number of rotatable bonds is 4. The van der Waals surface area contributed by atoms with Gasteiger partial charge < -0.3 is 9.64 Å². The fourth-order valence-corrected chi connectivity index (χ4v) is 5.85. The van der Waals surface area contributed by atoms with Crippen LogP contribution in [0.2, 0.25) is 0 Å². The minimum absolute atomic E-state index is 0.0616. The zero-order valence-electron chi connectivity index (χ0n) is 16.5. The average Bonchev–Trinajstić information content (AvgIpc) is 2.80. The first-order chi connectivity index (χ1) is 14.4. The first-order valence-corrected chi connectivity index (χ1v) is 12.2. The molecular formula is C21H24BrN3O4S. The minimum atomic E-state index is -3.60. The molecule has 0 saturated carbocycles. The van der Waals surface area contributed by atoms with Crippen LogP contribution in [0.3, 0.4) is 0 Å². The Labute approximate surface area is 185 Å². The molecule has 9 heteroatoms. The number of nitrogens with zero attached hydrogens (tertiary/aromatic N) is 3. The number of hydrogen-bond donors (Lipinski definition) is 0. The number of halogens is 1. The third kappa shape index (κ3) is 4.03. The maximum atomic E-state index is 13.7. The molecule has 2 aliphatic rings. The van der Waals surface area contributed by atoms with Crippen LogP contribution < -0.4 is 0 Å². The topological polar surface area (TPSA) is 79.8 Å². The van der Waals surface area contributed by atoms with Gasteiger partial charge in [-0.3, -0.25) is 9.78 Å². The summed E-state index contributed by atoms with van der Waals surface area (Å²) in [4.78, 5) is 19.6. The van der Waals surface area contributed by atoms with E-state index >= 15 is 0 Å². The second-order valence-electron chi connectivity index (χ2n) is 7.59. The van der Waals surface area contributed by atoms with Crippen molar-refractivity contribution in [3.63, 3.8) is 0 Å². The van der Waals surface area contributed by atoms with E-state index in [0.29, 0.717) is 39.1 Å². The van der Waals surface area contributed by atoms with Gasteiger partial charge in [-0.15, -0.1) is 0 Å². The molecule has 2 aliphatic heterocycles. The van der Waals surface area contributed by atoms with Gasteiger partial charge in [0.1, 0.15) is 4.90 Å². The molecule has 0 spiro atoms. The number of carbonyl (C=O) groups is 1. The van der Waals surface area contributed by atoms with E-state index in [2.05, 4.69) is 20.9 Å². The number of piperazine rings is 1. The van der Waals surface area contributed by atoms with Crippen molar-refractivity contribution >= 4 is 31.9 Å². The highest BCUT2D eigenvalue weighted by Crippen LogP contribution is 2.37. The highest BCUT2D eigenvalue weighted by atomic mass is 79.9. The van der Waals surface area contributed by atoms with Crippen molar-refractivity contribution in [1.29, 1.82) is 0 Å². The maximum Gasteiger partial charge on any atom is 0.244 e. The molecule has 0 radical (unpaired) electrons. The van der Waals surface area contributed by atoms with E-state index in [9.17, 15) is 13.2 Å². The van der Waals surface area contributed by atoms with Crippen LogP contribution in [0.5, 0.6) is 0 Å². The Morgan fingerprint density at radius 1 is 1.03 bits per heavy atom. The van der Waals surface area contributed by atoms with Gasteiger partial charge in [-0.1, -0.05) is 28.1 Å². The van der Waals surface area contributed by atoms with Gasteiger partial charge in [-0.25, -0.2) is 8.42 Å². The van der Waals surface area contributed by atoms with Crippen molar-refractivity contribution in [2.75, 3.05) is 39.4 Å². The number of hydrogen-bond acceptors (Lipinski definition) is 5. The molecule has 1 amide bonds. The molecule has 3 heterocycles. The SMILES string of the molecule is O=C(N1CCN(S(=O)(=O)c2cccnc2)CC1)C1(c2ccc(Br)cc2)CCOCC1. The number of carbonyl (C=O) groups excluding carboxylic acids is 1. The highest BCUT2D eigenvalue weighted by Gasteiger charge is 2.45. The Bertz CT molecular complexity index is 985. The Morgan fingerprint density at radius 3 is 2.30 bits per heavy atom. The molecule has 160 valence electrons. The van der Waals surface area contributed by atoms with Crippen LogP contribution in [0.1, 0.15) is 18.4 Å². The number of sulfonamides is 1. The van der Waals surface area contributed by atoms with Crippen LogP contribution in [0.4, 0.5) is 0 Å². The van der Waals surface area contributed by atoms with Crippen LogP contribution in [0.15, 0.2) is 58.2 Å². The monoisotopic (exact) mass is 493 g/mol. The molecule has 4 rings (SSSR count). The predicted octanol–water partition coefficient (Wildman–Crippen LogP) is 2.43. The number of benzene rings is 1. The number of aromatic nitrogens is 1. The van der Waals surface area contributed by atoms with Gasteiger partial charge in [0.15, 0.2) is 0 Å². The molecule has 0 aliphatic carbocycles. The largest absolute Gasteiger partial charge is 0.381 e. The van der Waals surface area contributed by atoms with Crippen molar-refractivity contribution in [3.8, 4) is 0 Å². The summed E-state index contributed by atoms with van der Waals surface area (Å²) in [5, 5.41) is 0. The van der Waals surface area contributed by atoms with Crippen LogP contribution in [0, 0.1) is 0 Å². The number of pyridine rings is 1. The Balaban J connectivity index is 1.52. The highest BCUT2D eigenvalue weighted by molar-refractivity contribution is 9.10. The van der Waals surface area contributed by atoms with Gasteiger partial charge in [0.2, 0.25) is 15.9 Å². The number of amides is 1. The van der Waals surface area contributed by atoms with Crippen molar-refractivity contribution in [1.82, 2.24) is 14.2 Å². The summed E-state index contributed by atoms with van der Waals surface area (Å²) in [6.07, 6.45) is 4.16. The van der Waals surface area contributed by atoms with Crippen molar-refractivity contribution in [2.24, 2.45) is 0 Å². The third-order valence-electron chi connectivity index (χ3n) is 5.95. The fourth-order valence-electron chi connectivity index (χ4n) is 4.20. The van der Waals surface area contributed by atoms with E-state index in [1.807, 2.05) is 29.2 Å². The predicted molar refractivity (Wildman–Crippen MR) is 115 cm³/mol. The molecule has 0 bridgehead atoms. The lowest BCUT2D eigenvalue weighted by atomic mass is 9.73. The molecule has 1 aromatic heterocycles. The first-order valence-electron chi connectivity index (χ1n) is 9.97. The van der Waals surface area contributed by atoms with E-state index in [1.165, 1.54) is 10.5 Å². The van der Waals surface area contributed by atoms with E-state index < -0.39 is 15.4 Å². The standard InChI is InChI=1S/C21H24BrN3O4S/c22-18-5-3-17(4-6-18)21(7-14-29-15-8-21)20(26)24-10-12-25(13-11-24)30(27,28)19-2-1-9-23-16-19/h1-6,9,16H,7-8,10-15H2. The normalized spacial score (nSPS) is 20.1. The second-order valence-corrected chi connectivity index (χ2v) is 10.4. The second kappa shape index (κ2) is 8.74. The third-order valence-corrected chi connectivity index (χ3v) is 8.36. The summed E-state index contributed by atoms with van der Waals surface area (Å²) in [5.74, 6) is 0.0616. The summed E-state index contributed by atoms with van der Waals surface area (Å²) in [7, 11) is -3.60. The molecule has 0 N–H and O–H groups in total. The lowest BCUT2D eigenvalue weighted by Gasteiger charge is -2.42.